The Morgan fingerprint density at radius 2 is 1.53 bits per heavy atom. The lowest BCUT2D eigenvalue weighted by Gasteiger charge is -2.40. The SMILES string of the molecule is CO[C@H]1C[C@@H]2CCC[C@@](O)(O2)C(=O)C(=O)N2CCCC[C@H]2C(=O)O[C@H]([C@H](N)C[C@@H]2CC[C@@H](OC(=O)NCc3cnc(N4CCN(C(=O)CN(C)CC(=O)NCCOCCOCCC(=O)N5CCc6cc(Cn7nc(-c8ccc9oc(N)nc9c8)c8c(N)ncnc87)ccc6C5)CC4)nc3)[C@H](OC)C2)CC(=O)[C@H](C)/C=C(\C)[C@@H](O)[C@@H](O)C(=O)[C@H](C)C[C@H](C)/C=C/C=C/C=C/1C. The van der Waals surface area contributed by atoms with Crippen molar-refractivity contribution in [3.05, 3.63) is 125 Å². The number of anilines is 3. The van der Waals surface area contributed by atoms with Gasteiger partial charge in [-0.25, -0.2) is 34.2 Å². The fourth-order valence-electron chi connectivity index (χ4n) is 17.8. The van der Waals surface area contributed by atoms with E-state index in [4.69, 9.17) is 59.9 Å². The van der Waals surface area contributed by atoms with Crippen LogP contribution in [0.5, 0.6) is 0 Å². The molecule has 0 spiro atoms. The molecule has 4 aromatic heterocycles. The lowest BCUT2D eigenvalue weighted by atomic mass is 9.80. The maximum Gasteiger partial charge on any atom is 0.407 e. The van der Waals surface area contributed by atoms with E-state index < -0.39 is 114 Å². The second-order valence-electron chi connectivity index (χ2n) is 34.9. The van der Waals surface area contributed by atoms with Crippen LogP contribution in [-0.4, -0.2) is 290 Å². The molecule has 9 heterocycles. The first-order valence-electron chi connectivity index (χ1n) is 44.7. The predicted molar refractivity (Wildman–Crippen MR) is 475 cm³/mol. The number of piperazine rings is 1. The van der Waals surface area contributed by atoms with Gasteiger partial charge < -0.3 is 100 Å². The van der Waals surface area contributed by atoms with Gasteiger partial charge in [0.2, 0.25) is 29.5 Å². The number of methoxy groups -OCH3 is 2. The summed E-state index contributed by atoms with van der Waals surface area (Å²) in [7, 11) is 4.75. The van der Waals surface area contributed by atoms with Crippen LogP contribution in [0.3, 0.4) is 0 Å². The van der Waals surface area contributed by atoms with Gasteiger partial charge in [0.05, 0.1) is 76.2 Å². The summed E-state index contributed by atoms with van der Waals surface area (Å²) in [4.78, 5) is 155. The number of oxazole rings is 1. The molecule has 37 heteroatoms. The molecule has 14 atom stereocenters. The minimum atomic E-state index is -2.48. The number of esters is 1. The van der Waals surface area contributed by atoms with E-state index in [2.05, 4.69) is 47.7 Å². The van der Waals surface area contributed by atoms with Gasteiger partial charge in [0.15, 0.2) is 17.0 Å². The number of carbonyl (C=O) groups excluding carboxylic acids is 9. The molecule has 0 unspecified atom stereocenters. The zero-order valence-electron chi connectivity index (χ0n) is 75.0. The van der Waals surface area contributed by atoms with Gasteiger partial charge in [0.1, 0.15) is 59.6 Å². The van der Waals surface area contributed by atoms with Crippen molar-refractivity contribution in [3.63, 3.8) is 0 Å². The summed E-state index contributed by atoms with van der Waals surface area (Å²) >= 11 is 0. The molecule has 5 aliphatic heterocycles. The van der Waals surface area contributed by atoms with Gasteiger partial charge in [0, 0.05) is 134 Å². The molecule has 6 aromatic rings. The summed E-state index contributed by atoms with van der Waals surface area (Å²) in [5, 5.41) is 45.6. The molecule has 129 heavy (non-hydrogen) atoms. The van der Waals surface area contributed by atoms with Gasteiger partial charge in [0.25, 0.3) is 17.7 Å². The van der Waals surface area contributed by atoms with Crippen LogP contribution in [0.25, 0.3) is 33.4 Å². The number of nitrogens with zero attached hydrogens (tertiary/aromatic N) is 12. The van der Waals surface area contributed by atoms with E-state index in [-0.39, 0.29) is 132 Å². The predicted octanol–water partition coefficient (Wildman–Crippen LogP) is 5.56. The molecular formula is C92H125N17O20. The van der Waals surface area contributed by atoms with Gasteiger partial charge in [-0.05, 0) is 149 Å². The highest BCUT2D eigenvalue weighted by molar-refractivity contribution is 6.39. The third kappa shape index (κ3) is 25.8. The number of piperidine rings is 1. The second kappa shape index (κ2) is 45.6. The molecule has 698 valence electrons. The largest absolute Gasteiger partial charge is 0.459 e. The van der Waals surface area contributed by atoms with Crippen LogP contribution in [-0.2, 0) is 97.6 Å². The molecule has 0 radical (unpaired) electrons. The fraction of sp³-hybridized carbons (Fsp3) is 0.576. The van der Waals surface area contributed by atoms with Crippen molar-refractivity contribution in [1.29, 1.82) is 0 Å². The number of aromatic nitrogens is 7. The number of allylic oxidation sites excluding steroid dienone is 6. The highest BCUT2D eigenvalue weighted by atomic mass is 16.6. The number of nitrogens with one attached hydrogen (secondary N) is 2. The summed E-state index contributed by atoms with van der Waals surface area (Å²) < 4.78 is 48.7. The van der Waals surface area contributed by atoms with Crippen LogP contribution < -0.4 is 32.7 Å². The Balaban J connectivity index is 0.539. The van der Waals surface area contributed by atoms with Crippen LogP contribution in [0.1, 0.15) is 147 Å². The molecule has 5 amide bonds. The van der Waals surface area contributed by atoms with Gasteiger partial charge in [-0.15, -0.1) is 0 Å². The lowest BCUT2D eigenvalue weighted by Crippen LogP contribution is -2.58. The number of Topliss-reactive ketones (excluding diaryl/α,β-unsaturated/α-hetero) is 3. The standard InChI is InChI=1S/C92H125N17O20/c1-55-15-10-9-11-16-56(2)73(122-7)45-66-17-14-27-92(121,129-66)84(117)87(118)108-29-13-12-18-69(108)88(119)126-74(46-70(110)57(3)40-59(5)82(115)83(116)81(114)58(4)39-55)67(93)42-60-20-23-72(75(43-60)123-8)128-91(120)99-49-62-47-97-90(98-48-62)106-33-31-105(32-34-106)78(113)53-104(6)52-76(111)96-28-36-125-38-37-124-35-26-77(112)107-30-25-63-41-61(19-21-65(63)51-107)50-109-86-79(85(94)100-54-101-86)80(103-109)64-22-24-71-68(44-64)102-89(95)127-71/h9-11,15-16,19,21-22,24,40-41,44,47-48,54-55,57-58,60,66-67,69,72-75,82-83,115-116,121H,12-14,17-18,20,23,25-39,42-43,45-46,49-53,93H2,1-8H3,(H2,95,102)(H,96,111)(H,99,120)(H2,94,100,101)/b11-9+,15-10+,56-16+,59-40+/t55-,57-,58-,60+,66+,67-,69+,72-,73+,74+,75-,82-,83+,92-/m1/s1. The molecule has 12 rings (SSSR count). The van der Waals surface area contributed by atoms with Crippen molar-refractivity contribution in [2.45, 2.75) is 211 Å². The van der Waals surface area contributed by atoms with Crippen molar-refractivity contribution in [2.24, 2.45) is 29.4 Å². The Morgan fingerprint density at radius 3 is 2.30 bits per heavy atom. The average molecular weight is 1790 g/mol. The van der Waals surface area contributed by atoms with E-state index in [1.54, 1.807) is 56.3 Å². The van der Waals surface area contributed by atoms with E-state index in [0.717, 1.165) is 32.7 Å². The van der Waals surface area contributed by atoms with E-state index in [1.165, 1.54) is 26.4 Å². The first-order valence-corrected chi connectivity index (χ1v) is 44.7. The van der Waals surface area contributed by atoms with Gasteiger partial charge in [-0.2, -0.15) is 10.1 Å². The number of likely N-dealkylation sites (N-methyl/N-ethyl adjacent to an activating group) is 1. The number of fused-ring (bicyclic) bond motifs is 6. The first kappa shape index (κ1) is 97.2. The molecule has 11 N–H and O–H groups in total. The Hall–Kier alpha value is -10.9. The topological polar surface area (TPSA) is 493 Å². The molecule has 1 saturated carbocycles. The number of ether oxygens (including phenoxy) is 7. The normalized spacial score (nSPS) is 26.8. The number of nitrogen functional groups attached to an aromatic ring is 2. The first-order chi connectivity index (χ1) is 61.9. The maximum absolute atomic E-state index is 14.7. The van der Waals surface area contributed by atoms with Crippen molar-refractivity contribution < 1.29 is 96.0 Å². The third-order valence-electron chi connectivity index (χ3n) is 25.2. The van der Waals surface area contributed by atoms with Crippen molar-refractivity contribution in [2.75, 3.05) is 123 Å². The number of ketones is 3. The Bertz CT molecular complexity index is 5050. The highest BCUT2D eigenvalue weighted by Gasteiger charge is 2.50. The summed E-state index contributed by atoms with van der Waals surface area (Å²) in [6.45, 7) is 13.1. The highest BCUT2D eigenvalue weighted by Crippen LogP contribution is 2.38. The van der Waals surface area contributed by atoms with Crippen LogP contribution in [0.2, 0.25) is 0 Å². The number of rotatable bonds is 25. The number of amides is 5. The molecule has 4 fully saturated rings. The molecule has 3 saturated heterocycles. The van der Waals surface area contributed by atoms with Gasteiger partial charge in [-0.1, -0.05) is 75.4 Å². The third-order valence-corrected chi connectivity index (χ3v) is 25.2. The minimum absolute atomic E-state index is 0.00256. The van der Waals surface area contributed by atoms with Crippen LogP contribution >= 0.6 is 0 Å². The number of hydrogen-bond donors (Lipinski definition) is 8. The summed E-state index contributed by atoms with van der Waals surface area (Å²) in [6.07, 6.45) is 11.8. The number of carbonyl (C=O) groups is 9. The number of alkyl carbamates (subject to hydrolysis) is 1. The fourth-order valence-corrected chi connectivity index (χ4v) is 17.8. The maximum atomic E-state index is 14.7. The van der Waals surface area contributed by atoms with Crippen molar-refractivity contribution in [3.8, 4) is 11.3 Å². The van der Waals surface area contributed by atoms with Gasteiger partial charge >= 0.3 is 12.1 Å². The molecular weight excluding hydrogens is 1660 g/mol. The van der Waals surface area contributed by atoms with Crippen molar-refractivity contribution in [1.82, 2.24) is 64.9 Å². The van der Waals surface area contributed by atoms with E-state index in [0.29, 0.717) is 149 Å². The minimum Gasteiger partial charge on any atom is -0.459 e. The van der Waals surface area contributed by atoms with Crippen LogP contribution in [0, 0.1) is 23.7 Å². The quantitative estimate of drug-likeness (QED) is 0.0150. The van der Waals surface area contributed by atoms with Crippen LogP contribution in [0.15, 0.2) is 107 Å². The molecule has 1 aliphatic carbocycles. The smallest absolute Gasteiger partial charge is 0.407 e. The van der Waals surface area contributed by atoms with E-state index >= 15 is 0 Å². The summed E-state index contributed by atoms with van der Waals surface area (Å²) in [5.74, 6) is -8.25. The molecule has 37 nitrogen and oxygen atoms in total. The molecule has 6 aliphatic rings. The number of nitrogens with two attached hydrogens (primary N) is 3. The van der Waals surface area contributed by atoms with Gasteiger partial charge in [-0.3, -0.25) is 38.5 Å². The van der Waals surface area contributed by atoms with Crippen molar-refractivity contribution >= 4 is 93.0 Å². The molecule has 2 aromatic carbocycles. The monoisotopic (exact) mass is 1790 g/mol. The Kier molecular flexibility index (Phi) is 34.4. The number of benzene rings is 2. The van der Waals surface area contributed by atoms with Crippen LogP contribution in [0.4, 0.5) is 22.6 Å². The number of hydrogen-bond acceptors (Lipinski definition) is 31. The van der Waals surface area contributed by atoms with E-state index in [1.807, 2.05) is 76.9 Å². The number of cyclic esters (lactones) is 1. The van der Waals surface area contributed by atoms with E-state index in [9.17, 15) is 58.5 Å². The average Bonchev–Trinajstić information content (AvgIpc) is 1.63. The number of aliphatic hydroxyl groups is 3. The second-order valence-corrected chi connectivity index (χ2v) is 34.9. The Morgan fingerprint density at radius 1 is 0.760 bits per heavy atom. The summed E-state index contributed by atoms with van der Waals surface area (Å²) in [6, 6.07) is 9.54. The summed E-state index contributed by atoms with van der Waals surface area (Å²) in [5.41, 5.74) is 27.2. The zero-order valence-corrected chi connectivity index (χ0v) is 75.0. The zero-order chi connectivity index (χ0) is 92.2. The molecule has 2 bridgehead atoms. The Labute approximate surface area is 750 Å². The lowest BCUT2D eigenvalue weighted by molar-refractivity contribution is -0.245. The number of aliphatic hydroxyl groups excluding tert-OH is 2.